The van der Waals surface area contributed by atoms with Crippen LogP contribution in [0.25, 0.3) is 22.4 Å². The van der Waals surface area contributed by atoms with Crippen molar-refractivity contribution in [1.82, 2.24) is 19.8 Å². The molecule has 1 aromatic heterocycles. The lowest BCUT2D eigenvalue weighted by Crippen LogP contribution is -2.44. The summed E-state index contributed by atoms with van der Waals surface area (Å²) in [6.45, 7) is 5.52. The second-order valence-corrected chi connectivity index (χ2v) is 9.88. The summed E-state index contributed by atoms with van der Waals surface area (Å²) in [5.74, 6) is 1.05. The van der Waals surface area contributed by atoms with E-state index < -0.39 is 0 Å². The van der Waals surface area contributed by atoms with Gasteiger partial charge in [0.15, 0.2) is 0 Å². The van der Waals surface area contributed by atoms with Crippen molar-refractivity contribution in [1.29, 1.82) is 0 Å². The normalized spacial score (nSPS) is 16.5. The summed E-state index contributed by atoms with van der Waals surface area (Å²) in [6, 6.07) is 12.3. The zero-order chi connectivity index (χ0) is 23.5. The van der Waals surface area contributed by atoms with Crippen LogP contribution in [0.3, 0.4) is 0 Å². The third-order valence-corrected chi connectivity index (χ3v) is 6.78. The monoisotopic (exact) mass is 467 g/mol. The highest BCUT2D eigenvalue weighted by molar-refractivity contribution is 6.33. The summed E-state index contributed by atoms with van der Waals surface area (Å²) in [6.07, 6.45) is 2.93. The van der Waals surface area contributed by atoms with Crippen LogP contribution in [0.1, 0.15) is 24.8 Å². The van der Waals surface area contributed by atoms with E-state index in [0.717, 1.165) is 73.6 Å². The third-order valence-electron chi connectivity index (χ3n) is 6.45. The van der Waals surface area contributed by atoms with E-state index in [1.165, 1.54) is 5.56 Å². The van der Waals surface area contributed by atoms with E-state index in [2.05, 4.69) is 60.1 Å². The SMILES string of the molecule is Cc1ccc2[nH]c(-c3cc(N4CCC[C@@H](C(=O)N(C)CCCN(C)C)C4)ccc3Cl)nc2c1. The molecule has 1 atom stereocenters. The van der Waals surface area contributed by atoms with E-state index in [1.807, 2.05) is 24.1 Å². The van der Waals surface area contributed by atoms with Crippen LogP contribution in [0.15, 0.2) is 36.4 Å². The van der Waals surface area contributed by atoms with Crippen LogP contribution in [0.2, 0.25) is 5.02 Å². The van der Waals surface area contributed by atoms with E-state index in [1.54, 1.807) is 0 Å². The highest BCUT2D eigenvalue weighted by Gasteiger charge is 2.28. The van der Waals surface area contributed by atoms with Crippen LogP contribution in [-0.4, -0.2) is 73.0 Å². The summed E-state index contributed by atoms with van der Waals surface area (Å²) in [7, 11) is 6.06. The summed E-state index contributed by atoms with van der Waals surface area (Å²) < 4.78 is 0. The average Bonchev–Trinajstić information content (AvgIpc) is 3.21. The Labute approximate surface area is 201 Å². The van der Waals surface area contributed by atoms with Crippen molar-refractivity contribution >= 4 is 34.2 Å². The molecule has 1 saturated heterocycles. The maximum Gasteiger partial charge on any atom is 0.227 e. The molecule has 4 rings (SSSR count). The number of benzene rings is 2. The highest BCUT2D eigenvalue weighted by Crippen LogP contribution is 2.33. The molecule has 1 N–H and O–H groups in total. The Balaban J connectivity index is 1.50. The van der Waals surface area contributed by atoms with Crippen molar-refractivity contribution in [2.45, 2.75) is 26.2 Å². The van der Waals surface area contributed by atoms with Gasteiger partial charge < -0.3 is 19.7 Å². The summed E-state index contributed by atoms with van der Waals surface area (Å²) in [4.78, 5) is 27.6. The smallest absolute Gasteiger partial charge is 0.227 e. The number of hydrogen-bond acceptors (Lipinski definition) is 4. The van der Waals surface area contributed by atoms with Crippen LogP contribution in [0.4, 0.5) is 5.69 Å². The number of carbonyl (C=O) groups is 1. The number of nitrogens with zero attached hydrogens (tertiary/aromatic N) is 4. The number of carbonyl (C=O) groups excluding carboxylic acids is 1. The Morgan fingerprint density at radius 1 is 1.18 bits per heavy atom. The van der Waals surface area contributed by atoms with Crippen LogP contribution in [-0.2, 0) is 4.79 Å². The van der Waals surface area contributed by atoms with E-state index >= 15 is 0 Å². The first-order chi connectivity index (χ1) is 15.8. The van der Waals surface area contributed by atoms with Gasteiger partial charge in [-0.3, -0.25) is 4.79 Å². The van der Waals surface area contributed by atoms with Crippen LogP contribution in [0.5, 0.6) is 0 Å². The fourth-order valence-electron chi connectivity index (χ4n) is 4.59. The van der Waals surface area contributed by atoms with Gasteiger partial charge in [0.2, 0.25) is 5.91 Å². The maximum absolute atomic E-state index is 13.1. The topological polar surface area (TPSA) is 55.5 Å². The predicted molar refractivity (Wildman–Crippen MR) is 137 cm³/mol. The number of aromatic amines is 1. The fraction of sp³-hybridized carbons (Fsp3) is 0.462. The molecule has 33 heavy (non-hydrogen) atoms. The lowest BCUT2D eigenvalue weighted by atomic mass is 9.95. The predicted octanol–water partition coefficient (Wildman–Crippen LogP) is 4.82. The molecule has 2 aromatic carbocycles. The van der Waals surface area contributed by atoms with Gasteiger partial charge in [0.05, 0.1) is 22.0 Å². The number of aromatic nitrogens is 2. The zero-order valence-electron chi connectivity index (χ0n) is 20.1. The molecule has 176 valence electrons. The summed E-state index contributed by atoms with van der Waals surface area (Å²) in [5.41, 5.74) is 5.08. The second kappa shape index (κ2) is 10.1. The number of imidazole rings is 1. The number of fused-ring (bicyclic) bond motifs is 1. The van der Waals surface area contributed by atoms with Crippen LogP contribution >= 0.6 is 11.6 Å². The molecule has 1 aliphatic heterocycles. The minimum Gasteiger partial charge on any atom is -0.371 e. The molecule has 1 amide bonds. The quantitative estimate of drug-likeness (QED) is 0.541. The van der Waals surface area contributed by atoms with E-state index in [9.17, 15) is 4.79 Å². The zero-order valence-corrected chi connectivity index (χ0v) is 20.8. The third kappa shape index (κ3) is 5.50. The first-order valence-corrected chi connectivity index (χ1v) is 12.1. The molecule has 7 heteroatoms. The van der Waals surface area contributed by atoms with Crippen LogP contribution < -0.4 is 4.90 Å². The Morgan fingerprint density at radius 2 is 2.00 bits per heavy atom. The minimum absolute atomic E-state index is 0.0245. The van der Waals surface area contributed by atoms with Crippen molar-refractivity contribution in [3.05, 3.63) is 47.0 Å². The summed E-state index contributed by atoms with van der Waals surface area (Å²) >= 11 is 6.58. The number of piperidine rings is 1. The van der Waals surface area contributed by atoms with Crippen molar-refractivity contribution in [3.8, 4) is 11.4 Å². The summed E-state index contributed by atoms with van der Waals surface area (Å²) in [5, 5.41) is 0.666. The molecule has 0 bridgehead atoms. The number of anilines is 1. The molecule has 3 aromatic rings. The highest BCUT2D eigenvalue weighted by atomic mass is 35.5. The molecule has 0 saturated carbocycles. The van der Waals surface area contributed by atoms with Gasteiger partial charge in [0.1, 0.15) is 5.82 Å². The number of aryl methyl sites for hydroxylation is 1. The molecule has 0 aliphatic carbocycles. The van der Waals surface area contributed by atoms with Crippen molar-refractivity contribution in [3.63, 3.8) is 0 Å². The number of rotatable bonds is 7. The van der Waals surface area contributed by atoms with Crippen molar-refractivity contribution in [2.75, 3.05) is 52.2 Å². The minimum atomic E-state index is 0.0245. The molecule has 2 heterocycles. The Morgan fingerprint density at radius 3 is 2.79 bits per heavy atom. The first-order valence-electron chi connectivity index (χ1n) is 11.7. The maximum atomic E-state index is 13.1. The lowest BCUT2D eigenvalue weighted by Gasteiger charge is -2.35. The molecule has 1 aliphatic rings. The van der Waals surface area contributed by atoms with E-state index in [4.69, 9.17) is 16.6 Å². The van der Waals surface area contributed by atoms with Gasteiger partial charge in [-0.15, -0.1) is 0 Å². The van der Waals surface area contributed by atoms with Crippen LogP contribution in [0, 0.1) is 12.8 Å². The van der Waals surface area contributed by atoms with Crippen molar-refractivity contribution < 1.29 is 4.79 Å². The Hall–Kier alpha value is -2.57. The largest absolute Gasteiger partial charge is 0.371 e. The van der Waals surface area contributed by atoms with Gasteiger partial charge in [-0.25, -0.2) is 4.98 Å². The van der Waals surface area contributed by atoms with Gasteiger partial charge in [-0.05, 0) is 82.7 Å². The molecular formula is C26H34ClN5O. The number of amides is 1. The standard InChI is InChI=1S/C26H34ClN5O/c1-18-8-11-23-24(15-18)29-25(28-23)21-16-20(9-10-22(21)27)32-14-5-7-19(17-32)26(33)31(4)13-6-12-30(2)3/h8-11,15-16,19H,5-7,12-14,17H2,1-4H3,(H,28,29)/t19-/m1/s1. The molecule has 6 nitrogen and oxygen atoms in total. The number of halogens is 1. The molecule has 1 fully saturated rings. The van der Waals surface area contributed by atoms with Gasteiger partial charge in [-0.2, -0.15) is 0 Å². The number of H-pyrrole nitrogens is 1. The molecule has 0 unspecified atom stereocenters. The van der Waals surface area contributed by atoms with Crippen molar-refractivity contribution in [2.24, 2.45) is 5.92 Å². The second-order valence-electron chi connectivity index (χ2n) is 9.47. The lowest BCUT2D eigenvalue weighted by molar-refractivity contribution is -0.134. The molecule has 0 radical (unpaired) electrons. The first kappa shape index (κ1) is 23.6. The van der Waals surface area contributed by atoms with Gasteiger partial charge in [0.25, 0.3) is 0 Å². The Bertz CT molecular complexity index is 1130. The number of nitrogens with one attached hydrogen (secondary N) is 1. The van der Waals surface area contributed by atoms with E-state index in [-0.39, 0.29) is 11.8 Å². The Kier molecular flexibility index (Phi) is 7.25. The van der Waals surface area contributed by atoms with Gasteiger partial charge >= 0.3 is 0 Å². The van der Waals surface area contributed by atoms with Gasteiger partial charge in [0, 0.05) is 37.9 Å². The fourth-order valence-corrected chi connectivity index (χ4v) is 4.80. The number of hydrogen-bond donors (Lipinski definition) is 1. The molecule has 0 spiro atoms. The van der Waals surface area contributed by atoms with Gasteiger partial charge in [-0.1, -0.05) is 17.7 Å². The van der Waals surface area contributed by atoms with E-state index in [0.29, 0.717) is 5.02 Å². The molecular weight excluding hydrogens is 434 g/mol. The average molecular weight is 468 g/mol.